The zero-order valence-corrected chi connectivity index (χ0v) is 31.0. The van der Waals surface area contributed by atoms with E-state index in [1.165, 1.54) is 87.7 Å². The summed E-state index contributed by atoms with van der Waals surface area (Å²) >= 11 is 0. The number of rotatable bonds is 5. The zero-order chi connectivity index (χ0) is 37.5. The van der Waals surface area contributed by atoms with E-state index in [1.54, 1.807) is 0 Å². The predicted molar refractivity (Wildman–Crippen MR) is 240 cm³/mol. The largest absolute Gasteiger partial charge is 0.309 e. The molecule has 0 aliphatic carbocycles. The minimum Gasteiger partial charge on any atom is -0.309 e. The number of hydrogen-bond donors (Lipinski definition) is 0. The van der Waals surface area contributed by atoms with Gasteiger partial charge < -0.3 is 13.7 Å². The topological polar surface area (TPSA) is 14.8 Å². The van der Waals surface area contributed by atoms with Gasteiger partial charge in [0.1, 0.15) is 0 Å². The number of hydrogen-bond acceptors (Lipinski definition) is 0. The highest BCUT2D eigenvalue weighted by atomic mass is 15.0. The SMILES string of the molecule is c1ccc(-c2ccc3c4c5c6ccccc6n(-c6ccccc6)c5ccc4n(-c4ccccc4-c4ccc5c6ccccc6n(-c6ccccc6)c5c4)c3c2)cc1. The lowest BCUT2D eigenvalue weighted by molar-refractivity contribution is 1.17. The van der Waals surface area contributed by atoms with E-state index in [4.69, 9.17) is 0 Å². The third-order valence-electron chi connectivity index (χ3n) is 11.8. The van der Waals surface area contributed by atoms with Gasteiger partial charge in [0, 0.05) is 49.3 Å². The molecular weight excluding hydrogens is 691 g/mol. The number of para-hydroxylation sites is 5. The van der Waals surface area contributed by atoms with Gasteiger partial charge in [0.2, 0.25) is 0 Å². The first-order chi connectivity index (χ1) is 28.3. The van der Waals surface area contributed by atoms with Crippen molar-refractivity contribution in [2.75, 3.05) is 0 Å². The lowest BCUT2D eigenvalue weighted by Crippen LogP contribution is -1.98. The lowest BCUT2D eigenvalue weighted by Gasteiger charge is -2.15. The van der Waals surface area contributed by atoms with Crippen LogP contribution >= 0.6 is 0 Å². The summed E-state index contributed by atoms with van der Waals surface area (Å²) in [6.07, 6.45) is 0. The zero-order valence-electron chi connectivity index (χ0n) is 31.0. The predicted octanol–water partition coefficient (Wildman–Crippen LogP) is 14.3. The summed E-state index contributed by atoms with van der Waals surface area (Å²) in [5.74, 6) is 0. The summed E-state index contributed by atoms with van der Waals surface area (Å²) in [5.41, 5.74) is 15.4. The van der Waals surface area contributed by atoms with Gasteiger partial charge in [-0.3, -0.25) is 0 Å². The molecule has 3 heteroatoms. The summed E-state index contributed by atoms with van der Waals surface area (Å²) in [5, 5.41) is 7.53. The van der Waals surface area contributed by atoms with Crippen molar-refractivity contribution in [3.63, 3.8) is 0 Å². The maximum atomic E-state index is 2.51. The average Bonchev–Trinajstić information content (AvgIpc) is 3.92. The smallest absolute Gasteiger partial charge is 0.0549 e. The fourth-order valence-electron chi connectivity index (χ4n) is 9.40. The Kier molecular flexibility index (Phi) is 6.93. The molecule has 0 fully saturated rings. The summed E-state index contributed by atoms with van der Waals surface area (Å²) < 4.78 is 7.33. The van der Waals surface area contributed by atoms with E-state index in [2.05, 4.69) is 226 Å². The van der Waals surface area contributed by atoms with Gasteiger partial charge >= 0.3 is 0 Å². The molecule has 0 amide bonds. The summed E-state index contributed by atoms with van der Waals surface area (Å²) in [6.45, 7) is 0. The monoisotopic (exact) mass is 725 g/mol. The first-order valence-corrected chi connectivity index (χ1v) is 19.6. The quantitative estimate of drug-likeness (QED) is 0.168. The van der Waals surface area contributed by atoms with Crippen LogP contribution in [0.25, 0.3) is 105 Å². The van der Waals surface area contributed by atoms with Crippen molar-refractivity contribution in [1.82, 2.24) is 13.7 Å². The third kappa shape index (κ3) is 4.73. The minimum absolute atomic E-state index is 1.15. The molecule has 57 heavy (non-hydrogen) atoms. The molecule has 0 saturated carbocycles. The first-order valence-electron chi connectivity index (χ1n) is 19.6. The molecule has 12 aromatic rings. The van der Waals surface area contributed by atoms with E-state index in [1.807, 2.05) is 0 Å². The molecule has 0 aliphatic heterocycles. The highest BCUT2D eigenvalue weighted by molar-refractivity contribution is 6.29. The standard InChI is InChI=1S/C54H35N3/c1-4-16-36(17-5-1)37-28-31-45-52(34-37)57(50-33-32-49-53(54(45)50)44-24-12-15-27-48(44)55(49)39-18-6-2-7-19-39)46-25-13-10-22-41(46)38-29-30-43-42-23-11-14-26-47(42)56(51(43)35-38)40-20-8-3-9-21-40/h1-35H. The fourth-order valence-corrected chi connectivity index (χ4v) is 9.40. The highest BCUT2D eigenvalue weighted by Crippen LogP contribution is 2.45. The Hall–Kier alpha value is -7.62. The van der Waals surface area contributed by atoms with Crippen LogP contribution in [0.2, 0.25) is 0 Å². The van der Waals surface area contributed by atoms with Crippen molar-refractivity contribution in [2.24, 2.45) is 0 Å². The van der Waals surface area contributed by atoms with Crippen molar-refractivity contribution in [3.05, 3.63) is 212 Å². The van der Waals surface area contributed by atoms with Crippen molar-refractivity contribution in [2.45, 2.75) is 0 Å². The molecule has 0 unspecified atom stereocenters. The van der Waals surface area contributed by atoms with E-state index < -0.39 is 0 Å². The van der Waals surface area contributed by atoms with Crippen LogP contribution in [0.15, 0.2) is 212 Å². The van der Waals surface area contributed by atoms with Crippen LogP contribution < -0.4 is 0 Å². The second-order valence-corrected chi connectivity index (χ2v) is 14.9. The Morgan fingerprint density at radius 3 is 1.42 bits per heavy atom. The highest BCUT2D eigenvalue weighted by Gasteiger charge is 2.23. The Morgan fingerprint density at radius 2 is 0.702 bits per heavy atom. The van der Waals surface area contributed by atoms with Crippen LogP contribution in [0.1, 0.15) is 0 Å². The van der Waals surface area contributed by atoms with Gasteiger partial charge in [0.25, 0.3) is 0 Å². The van der Waals surface area contributed by atoms with Gasteiger partial charge in [0.05, 0.1) is 38.8 Å². The van der Waals surface area contributed by atoms with E-state index in [-0.39, 0.29) is 0 Å². The van der Waals surface area contributed by atoms with Crippen LogP contribution in [0.3, 0.4) is 0 Å². The Labute approximate surface area is 329 Å². The number of fused-ring (bicyclic) bond motifs is 10. The molecular formula is C54H35N3. The molecule has 0 bridgehead atoms. The van der Waals surface area contributed by atoms with Crippen molar-refractivity contribution in [3.8, 4) is 39.3 Å². The van der Waals surface area contributed by atoms with Crippen molar-refractivity contribution >= 4 is 65.4 Å². The van der Waals surface area contributed by atoms with Crippen LogP contribution in [0, 0.1) is 0 Å². The van der Waals surface area contributed by atoms with Gasteiger partial charge in [-0.25, -0.2) is 0 Å². The Morgan fingerprint density at radius 1 is 0.246 bits per heavy atom. The van der Waals surface area contributed by atoms with Crippen LogP contribution in [0.5, 0.6) is 0 Å². The molecule has 0 radical (unpaired) electrons. The third-order valence-corrected chi connectivity index (χ3v) is 11.8. The normalized spacial score (nSPS) is 11.9. The van der Waals surface area contributed by atoms with Gasteiger partial charge in [-0.15, -0.1) is 0 Å². The van der Waals surface area contributed by atoms with Crippen LogP contribution in [-0.2, 0) is 0 Å². The van der Waals surface area contributed by atoms with Gasteiger partial charge in [0.15, 0.2) is 0 Å². The van der Waals surface area contributed by atoms with Crippen LogP contribution in [-0.4, -0.2) is 13.7 Å². The van der Waals surface area contributed by atoms with Crippen molar-refractivity contribution < 1.29 is 0 Å². The molecule has 3 heterocycles. The Balaban J connectivity index is 1.18. The summed E-state index contributed by atoms with van der Waals surface area (Å²) in [4.78, 5) is 0. The van der Waals surface area contributed by atoms with Crippen LogP contribution in [0.4, 0.5) is 0 Å². The van der Waals surface area contributed by atoms with E-state index in [9.17, 15) is 0 Å². The van der Waals surface area contributed by atoms with Gasteiger partial charge in [-0.1, -0.05) is 146 Å². The summed E-state index contributed by atoms with van der Waals surface area (Å²) in [6, 6.07) is 77.4. The maximum absolute atomic E-state index is 2.51. The maximum Gasteiger partial charge on any atom is 0.0549 e. The lowest BCUT2D eigenvalue weighted by atomic mass is 10.0. The summed E-state index contributed by atoms with van der Waals surface area (Å²) in [7, 11) is 0. The molecule has 266 valence electrons. The molecule has 0 N–H and O–H groups in total. The number of aromatic nitrogens is 3. The second kappa shape index (κ2) is 12.5. The van der Waals surface area contributed by atoms with E-state index >= 15 is 0 Å². The molecule has 0 saturated heterocycles. The average molecular weight is 726 g/mol. The van der Waals surface area contributed by atoms with E-state index in [0.717, 1.165) is 17.1 Å². The first kappa shape index (κ1) is 31.7. The molecule has 0 aliphatic rings. The Bertz CT molecular complexity index is 3500. The second-order valence-electron chi connectivity index (χ2n) is 14.9. The number of nitrogens with zero attached hydrogens (tertiary/aromatic N) is 3. The van der Waals surface area contributed by atoms with E-state index in [0.29, 0.717) is 0 Å². The molecule has 3 aromatic heterocycles. The molecule has 3 nitrogen and oxygen atoms in total. The van der Waals surface area contributed by atoms with Crippen molar-refractivity contribution in [1.29, 1.82) is 0 Å². The molecule has 9 aromatic carbocycles. The molecule has 0 spiro atoms. The fraction of sp³-hybridized carbons (Fsp3) is 0. The number of benzene rings is 9. The van der Waals surface area contributed by atoms with Gasteiger partial charge in [-0.05, 0) is 83.4 Å². The molecule has 0 atom stereocenters. The molecule has 12 rings (SSSR count). The minimum atomic E-state index is 1.15. The van der Waals surface area contributed by atoms with Gasteiger partial charge in [-0.2, -0.15) is 0 Å².